The maximum Gasteiger partial charge on any atom is 0.253 e. The average molecular weight is 471 g/mol. The van der Waals surface area contributed by atoms with E-state index >= 15 is 0 Å². The Morgan fingerprint density at radius 3 is 2.54 bits per heavy atom. The van der Waals surface area contributed by atoms with Gasteiger partial charge in [0.05, 0.1) is 11.1 Å². The van der Waals surface area contributed by atoms with E-state index in [1.165, 1.54) is 6.33 Å². The number of benzene rings is 1. The Labute approximate surface area is 203 Å². The lowest BCUT2D eigenvalue weighted by Crippen LogP contribution is -2.30. The lowest BCUT2D eigenvalue weighted by atomic mass is 9.96. The van der Waals surface area contributed by atoms with E-state index in [0.29, 0.717) is 51.7 Å². The van der Waals surface area contributed by atoms with Gasteiger partial charge in [0.1, 0.15) is 23.5 Å². The maximum absolute atomic E-state index is 14.9. The van der Waals surface area contributed by atoms with Crippen molar-refractivity contribution in [1.29, 1.82) is 0 Å². The van der Waals surface area contributed by atoms with Gasteiger partial charge in [0.25, 0.3) is 5.91 Å². The van der Waals surface area contributed by atoms with Crippen LogP contribution in [0.15, 0.2) is 36.8 Å². The number of carbonyl (C=O) groups excluding carboxylic acids is 1. The minimum absolute atomic E-state index is 0.0424. The Hall–Kier alpha value is -4.25. The molecule has 178 valence electrons. The molecule has 0 aliphatic rings. The molecule has 0 unspecified atom stereocenters. The normalized spacial score (nSPS) is 11.1. The van der Waals surface area contributed by atoms with Crippen LogP contribution in [0.4, 0.5) is 10.2 Å². The fraction of sp³-hybridized carbons (Fsp3) is 0.259. The maximum atomic E-state index is 14.9. The summed E-state index contributed by atoms with van der Waals surface area (Å²) < 4.78 is 16.8. The summed E-state index contributed by atoms with van der Waals surface area (Å²) in [6.07, 6.45) is 8.36. The van der Waals surface area contributed by atoms with Crippen LogP contribution in [0.3, 0.4) is 0 Å². The summed E-state index contributed by atoms with van der Waals surface area (Å²) in [5, 5.41) is 0.641. The Morgan fingerprint density at radius 1 is 1.23 bits per heavy atom. The molecule has 4 aromatic rings. The van der Waals surface area contributed by atoms with E-state index in [1.807, 2.05) is 23.7 Å². The predicted molar refractivity (Wildman–Crippen MR) is 136 cm³/mol. The number of aromatic nitrogens is 4. The predicted octanol–water partition coefficient (Wildman–Crippen LogP) is 4.44. The fourth-order valence-corrected chi connectivity index (χ4v) is 4.42. The highest BCUT2D eigenvalue weighted by molar-refractivity contribution is 6.08. The van der Waals surface area contributed by atoms with Gasteiger partial charge in [-0.05, 0) is 42.0 Å². The van der Waals surface area contributed by atoms with Crippen molar-refractivity contribution in [3.05, 3.63) is 59.4 Å². The highest BCUT2D eigenvalue weighted by Gasteiger charge is 2.25. The van der Waals surface area contributed by atoms with Crippen LogP contribution >= 0.6 is 0 Å². The second-order valence-corrected chi connectivity index (χ2v) is 9.00. The molecule has 0 fully saturated rings. The van der Waals surface area contributed by atoms with Gasteiger partial charge < -0.3 is 15.2 Å². The van der Waals surface area contributed by atoms with Crippen LogP contribution in [0.5, 0.6) is 0 Å². The van der Waals surface area contributed by atoms with Crippen molar-refractivity contribution in [2.75, 3.05) is 19.3 Å². The molecule has 1 amide bonds. The fourth-order valence-electron chi connectivity index (χ4n) is 4.42. The quantitative estimate of drug-likeness (QED) is 0.436. The number of hydrogen-bond donors (Lipinski definition) is 1. The largest absolute Gasteiger partial charge is 0.383 e. The topological polar surface area (TPSA) is 89.9 Å². The van der Waals surface area contributed by atoms with Crippen molar-refractivity contribution in [3.63, 3.8) is 0 Å². The molecule has 0 spiro atoms. The smallest absolute Gasteiger partial charge is 0.253 e. The van der Waals surface area contributed by atoms with Crippen LogP contribution < -0.4 is 5.73 Å². The zero-order valence-electron chi connectivity index (χ0n) is 20.4. The Balaban J connectivity index is 1.93. The zero-order chi connectivity index (χ0) is 25.4. The van der Waals surface area contributed by atoms with Crippen molar-refractivity contribution < 1.29 is 9.18 Å². The second-order valence-electron chi connectivity index (χ2n) is 9.00. The molecule has 7 nitrogen and oxygen atoms in total. The van der Waals surface area contributed by atoms with Gasteiger partial charge in [-0.25, -0.2) is 19.3 Å². The number of aryl methyl sites for hydroxylation is 1. The van der Waals surface area contributed by atoms with E-state index in [1.54, 1.807) is 37.2 Å². The third-order valence-corrected chi connectivity index (χ3v) is 6.06. The molecule has 0 atom stereocenters. The average Bonchev–Trinajstić information content (AvgIpc) is 3.13. The molecule has 3 heterocycles. The summed E-state index contributed by atoms with van der Waals surface area (Å²) >= 11 is 0. The molecular weight excluding hydrogens is 443 g/mol. The Kier molecular flexibility index (Phi) is 6.27. The lowest BCUT2D eigenvalue weighted by Gasteiger charge is -2.19. The van der Waals surface area contributed by atoms with Crippen LogP contribution in [0, 0.1) is 31.0 Å². The summed E-state index contributed by atoms with van der Waals surface area (Å²) in [6.45, 7) is 6.46. The first-order valence-electron chi connectivity index (χ1n) is 11.2. The van der Waals surface area contributed by atoms with Gasteiger partial charge in [0.15, 0.2) is 5.82 Å². The van der Waals surface area contributed by atoms with E-state index < -0.39 is 5.82 Å². The summed E-state index contributed by atoms with van der Waals surface area (Å²) in [6, 6.07) is 7.28. The van der Waals surface area contributed by atoms with Crippen molar-refractivity contribution >= 4 is 22.8 Å². The van der Waals surface area contributed by atoms with Crippen molar-refractivity contribution in [3.8, 4) is 34.7 Å². The van der Waals surface area contributed by atoms with Crippen molar-refractivity contribution in [2.45, 2.75) is 20.8 Å². The molecule has 0 aliphatic carbocycles. The lowest BCUT2D eigenvalue weighted by molar-refractivity contribution is 0.0779. The molecule has 2 N–H and O–H groups in total. The highest BCUT2D eigenvalue weighted by Crippen LogP contribution is 2.42. The number of rotatable bonds is 5. The third-order valence-electron chi connectivity index (χ3n) is 6.06. The van der Waals surface area contributed by atoms with Gasteiger partial charge >= 0.3 is 0 Å². The van der Waals surface area contributed by atoms with E-state index in [0.717, 1.165) is 11.1 Å². The van der Waals surface area contributed by atoms with E-state index in [2.05, 4.69) is 34.7 Å². The van der Waals surface area contributed by atoms with E-state index in [-0.39, 0.29) is 11.6 Å². The first-order chi connectivity index (χ1) is 16.6. The number of hydrogen-bond acceptors (Lipinski definition) is 5. The van der Waals surface area contributed by atoms with Gasteiger partial charge in [0, 0.05) is 43.5 Å². The number of anilines is 1. The zero-order valence-corrected chi connectivity index (χ0v) is 20.4. The summed E-state index contributed by atoms with van der Waals surface area (Å²) in [5.74, 6) is 2.34. The minimum atomic E-state index is -0.547. The Morgan fingerprint density at radius 2 is 1.91 bits per heavy atom. The molecular formula is C27H27FN6O. The number of halogens is 1. The number of amides is 1. The molecule has 0 aliphatic heterocycles. The molecule has 0 saturated carbocycles. The number of fused-ring (bicyclic) bond motifs is 1. The second kappa shape index (κ2) is 9.18. The summed E-state index contributed by atoms with van der Waals surface area (Å²) in [4.78, 5) is 27.3. The van der Waals surface area contributed by atoms with Crippen molar-refractivity contribution in [2.24, 2.45) is 13.0 Å². The number of carbonyl (C=O) groups is 1. The van der Waals surface area contributed by atoms with Gasteiger partial charge in [0.2, 0.25) is 0 Å². The van der Waals surface area contributed by atoms with Gasteiger partial charge in [-0.15, -0.1) is 6.42 Å². The molecule has 8 heteroatoms. The highest BCUT2D eigenvalue weighted by atomic mass is 19.1. The standard InChI is InChI=1S/C27H27FN6O/c1-7-20-23(28)16(4)19(12-30-20)24-21(22-25(29)31-14-32-26(22)34(24)6)17-8-10-18(11-9-17)27(35)33(5)13-15(2)3/h1,8-12,14-15H,13H2,2-6H3,(H2,29,31,32). The van der Waals surface area contributed by atoms with E-state index in [4.69, 9.17) is 12.2 Å². The monoisotopic (exact) mass is 470 g/mol. The summed E-state index contributed by atoms with van der Waals surface area (Å²) in [7, 11) is 3.63. The van der Waals surface area contributed by atoms with Crippen molar-refractivity contribution in [1.82, 2.24) is 24.4 Å². The number of nitrogens with zero attached hydrogens (tertiary/aromatic N) is 5. The van der Waals surface area contributed by atoms with Crippen LogP contribution in [0.2, 0.25) is 0 Å². The van der Waals surface area contributed by atoms with Crippen LogP contribution in [-0.2, 0) is 7.05 Å². The van der Waals surface area contributed by atoms with Gasteiger partial charge in [-0.2, -0.15) is 0 Å². The van der Waals surface area contributed by atoms with Gasteiger partial charge in [-0.1, -0.05) is 26.0 Å². The first-order valence-corrected chi connectivity index (χ1v) is 11.2. The molecule has 4 rings (SSSR count). The minimum Gasteiger partial charge on any atom is -0.383 e. The number of pyridine rings is 1. The Bertz CT molecular complexity index is 1480. The molecule has 3 aromatic heterocycles. The molecule has 1 aromatic carbocycles. The number of nitrogens with two attached hydrogens (primary N) is 1. The van der Waals surface area contributed by atoms with Crippen LogP contribution in [-0.4, -0.2) is 43.9 Å². The summed E-state index contributed by atoms with van der Waals surface area (Å²) in [5.41, 5.74) is 10.5. The first kappa shape index (κ1) is 23.9. The number of nitrogen functional groups attached to an aromatic ring is 1. The SMILES string of the molecule is C#Cc1ncc(-c2c(-c3ccc(C(=O)N(C)CC(C)C)cc3)c3c(N)ncnc3n2C)c(C)c1F. The molecule has 0 saturated heterocycles. The van der Waals surface area contributed by atoms with Crippen LogP contribution in [0.25, 0.3) is 33.4 Å². The molecule has 0 radical (unpaired) electrons. The number of terminal acetylenes is 1. The van der Waals surface area contributed by atoms with E-state index in [9.17, 15) is 9.18 Å². The molecule has 35 heavy (non-hydrogen) atoms. The van der Waals surface area contributed by atoms with Crippen LogP contribution in [0.1, 0.15) is 35.5 Å². The third kappa shape index (κ3) is 4.10. The van der Waals surface area contributed by atoms with Gasteiger partial charge in [-0.3, -0.25) is 4.79 Å². The molecule has 0 bridgehead atoms.